The van der Waals surface area contributed by atoms with Gasteiger partial charge in [0.1, 0.15) is 11.6 Å². The van der Waals surface area contributed by atoms with Crippen molar-refractivity contribution in [2.24, 2.45) is 0 Å². The SMILES string of the molecule is CCOC(=O)[C@@H]1CCC(OCC)(OCC)CN1C(=O)OC(C)(C)C. The molecule has 7 heteroatoms. The van der Waals surface area contributed by atoms with Crippen LogP contribution in [0.15, 0.2) is 0 Å². The van der Waals surface area contributed by atoms with Crippen molar-refractivity contribution >= 4 is 12.1 Å². The molecular weight excluding hydrogens is 314 g/mol. The van der Waals surface area contributed by atoms with Crippen molar-refractivity contribution < 1.29 is 28.5 Å². The highest BCUT2D eigenvalue weighted by molar-refractivity contribution is 5.82. The van der Waals surface area contributed by atoms with Crippen LogP contribution in [0.5, 0.6) is 0 Å². The van der Waals surface area contributed by atoms with Gasteiger partial charge in [-0.15, -0.1) is 0 Å². The van der Waals surface area contributed by atoms with Crippen LogP contribution in [-0.4, -0.2) is 60.8 Å². The summed E-state index contributed by atoms with van der Waals surface area (Å²) in [6.45, 7) is 12.1. The molecule has 0 spiro atoms. The molecule has 1 amide bonds. The monoisotopic (exact) mass is 345 g/mol. The van der Waals surface area contributed by atoms with E-state index < -0.39 is 29.5 Å². The molecule has 1 heterocycles. The van der Waals surface area contributed by atoms with E-state index in [0.29, 0.717) is 26.1 Å². The zero-order valence-electron chi connectivity index (χ0n) is 15.7. The molecule has 0 radical (unpaired) electrons. The van der Waals surface area contributed by atoms with Gasteiger partial charge in [-0.1, -0.05) is 0 Å². The summed E-state index contributed by atoms with van der Waals surface area (Å²) >= 11 is 0. The van der Waals surface area contributed by atoms with Crippen LogP contribution in [-0.2, 0) is 23.7 Å². The molecule has 1 rings (SSSR count). The number of nitrogens with zero attached hydrogens (tertiary/aromatic N) is 1. The lowest BCUT2D eigenvalue weighted by atomic mass is 9.97. The average Bonchev–Trinajstić information content (AvgIpc) is 2.46. The Morgan fingerprint density at radius 2 is 1.67 bits per heavy atom. The Labute approximate surface area is 144 Å². The first-order valence-electron chi connectivity index (χ1n) is 8.62. The van der Waals surface area contributed by atoms with E-state index in [1.54, 1.807) is 27.7 Å². The van der Waals surface area contributed by atoms with Gasteiger partial charge in [-0.05, 0) is 48.0 Å². The smallest absolute Gasteiger partial charge is 0.411 e. The Balaban J connectivity index is 3.03. The van der Waals surface area contributed by atoms with Crippen LogP contribution in [0.4, 0.5) is 4.79 Å². The maximum atomic E-state index is 12.6. The number of piperidine rings is 1. The highest BCUT2D eigenvalue weighted by Gasteiger charge is 2.47. The zero-order chi connectivity index (χ0) is 18.4. The van der Waals surface area contributed by atoms with E-state index in [1.807, 2.05) is 13.8 Å². The molecule has 24 heavy (non-hydrogen) atoms. The van der Waals surface area contributed by atoms with Crippen LogP contribution < -0.4 is 0 Å². The summed E-state index contributed by atoms with van der Waals surface area (Å²) in [5.74, 6) is -1.34. The third-order valence-corrected chi connectivity index (χ3v) is 3.59. The van der Waals surface area contributed by atoms with Gasteiger partial charge in [0.15, 0.2) is 5.79 Å². The van der Waals surface area contributed by atoms with Crippen LogP contribution in [0.2, 0.25) is 0 Å². The van der Waals surface area contributed by atoms with E-state index in [-0.39, 0.29) is 13.2 Å². The molecule has 0 unspecified atom stereocenters. The summed E-state index contributed by atoms with van der Waals surface area (Å²) in [7, 11) is 0. The lowest BCUT2D eigenvalue weighted by Crippen LogP contribution is -2.60. The molecule has 0 aromatic rings. The largest absolute Gasteiger partial charge is 0.464 e. The maximum Gasteiger partial charge on any atom is 0.411 e. The molecule has 0 saturated carbocycles. The van der Waals surface area contributed by atoms with Crippen molar-refractivity contribution in [2.45, 2.75) is 71.8 Å². The number of esters is 1. The first-order chi connectivity index (χ1) is 11.2. The second-order valence-electron chi connectivity index (χ2n) is 6.69. The molecule has 7 nitrogen and oxygen atoms in total. The van der Waals surface area contributed by atoms with Crippen molar-refractivity contribution in [3.8, 4) is 0 Å². The number of hydrogen-bond acceptors (Lipinski definition) is 6. The molecule has 0 N–H and O–H groups in total. The molecule has 0 aromatic carbocycles. The van der Waals surface area contributed by atoms with Crippen molar-refractivity contribution in [3.63, 3.8) is 0 Å². The zero-order valence-corrected chi connectivity index (χ0v) is 15.7. The van der Waals surface area contributed by atoms with Crippen LogP contribution in [0.25, 0.3) is 0 Å². The van der Waals surface area contributed by atoms with Gasteiger partial charge in [-0.2, -0.15) is 0 Å². The predicted octanol–water partition coefficient (Wildman–Crippen LogP) is 2.72. The number of ether oxygens (including phenoxy) is 4. The number of rotatable bonds is 6. The lowest BCUT2D eigenvalue weighted by molar-refractivity contribution is -0.258. The lowest BCUT2D eigenvalue weighted by Gasteiger charge is -2.45. The Kier molecular flexibility index (Phi) is 7.48. The minimum Gasteiger partial charge on any atom is -0.464 e. The fourth-order valence-electron chi connectivity index (χ4n) is 2.76. The molecule has 1 atom stereocenters. The normalized spacial score (nSPS) is 20.6. The van der Waals surface area contributed by atoms with E-state index in [4.69, 9.17) is 18.9 Å². The van der Waals surface area contributed by atoms with Crippen molar-refractivity contribution in [3.05, 3.63) is 0 Å². The number of likely N-dealkylation sites (tertiary alicyclic amines) is 1. The molecule has 1 aliphatic heterocycles. The van der Waals surface area contributed by atoms with Crippen LogP contribution >= 0.6 is 0 Å². The van der Waals surface area contributed by atoms with Crippen molar-refractivity contribution in [2.75, 3.05) is 26.4 Å². The predicted molar refractivity (Wildman–Crippen MR) is 88.6 cm³/mol. The molecule has 0 bridgehead atoms. The highest BCUT2D eigenvalue weighted by atomic mass is 16.7. The standard InChI is InChI=1S/C17H31NO6/c1-7-21-14(19)13-10-11-17(22-8-2,23-9-3)12-18(13)15(20)24-16(4,5)6/h13H,7-12H2,1-6H3/t13-/m0/s1. The van der Waals surface area contributed by atoms with Gasteiger partial charge in [0, 0.05) is 19.6 Å². The summed E-state index contributed by atoms with van der Waals surface area (Å²) < 4.78 is 22.1. The summed E-state index contributed by atoms with van der Waals surface area (Å²) in [5.41, 5.74) is -0.659. The first-order valence-corrected chi connectivity index (χ1v) is 8.62. The first kappa shape index (κ1) is 20.7. The van der Waals surface area contributed by atoms with Gasteiger partial charge >= 0.3 is 12.1 Å². The van der Waals surface area contributed by atoms with E-state index in [9.17, 15) is 9.59 Å². The number of amides is 1. The summed E-state index contributed by atoms with van der Waals surface area (Å²) in [5, 5.41) is 0. The minimum absolute atomic E-state index is 0.132. The molecule has 0 aliphatic carbocycles. The summed E-state index contributed by atoms with van der Waals surface area (Å²) in [4.78, 5) is 26.2. The molecular formula is C17H31NO6. The van der Waals surface area contributed by atoms with E-state index in [2.05, 4.69) is 0 Å². The molecule has 1 aliphatic rings. The third kappa shape index (κ3) is 5.63. The fourth-order valence-corrected chi connectivity index (χ4v) is 2.76. The van der Waals surface area contributed by atoms with E-state index in [1.165, 1.54) is 4.90 Å². The molecule has 1 fully saturated rings. The number of carbonyl (C=O) groups excluding carboxylic acids is 2. The van der Waals surface area contributed by atoms with Gasteiger partial charge in [0.05, 0.1) is 13.2 Å². The van der Waals surface area contributed by atoms with Gasteiger partial charge in [0.25, 0.3) is 0 Å². The maximum absolute atomic E-state index is 12.6. The average molecular weight is 345 g/mol. The number of hydrogen-bond donors (Lipinski definition) is 0. The molecule has 140 valence electrons. The molecule has 1 saturated heterocycles. The quantitative estimate of drug-likeness (QED) is 0.544. The summed E-state index contributed by atoms with van der Waals surface area (Å²) in [6.07, 6.45) is 0.347. The second kappa shape index (κ2) is 8.67. The van der Waals surface area contributed by atoms with Gasteiger partial charge in [0.2, 0.25) is 0 Å². The Morgan fingerprint density at radius 1 is 1.08 bits per heavy atom. The van der Waals surface area contributed by atoms with E-state index in [0.717, 1.165) is 0 Å². The number of carbonyl (C=O) groups is 2. The third-order valence-electron chi connectivity index (χ3n) is 3.59. The topological polar surface area (TPSA) is 74.3 Å². The Morgan fingerprint density at radius 3 is 2.12 bits per heavy atom. The molecule has 0 aromatic heterocycles. The van der Waals surface area contributed by atoms with Crippen molar-refractivity contribution in [1.82, 2.24) is 4.90 Å². The van der Waals surface area contributed by atoms with Crippen LogP contribution in [0, 0.1) is 0 Å². The highest BCUT2D eigenvalue weighted by Crippen LogP contribution is 2.32. The van der Waals surface area contributed by atoms with Gasteiger partial charge in [-0.25, -0.2) is 9.59 Å². The second-order valence-corrected chi connectivity index (χ2v) is 6.69. The minimum atomic E-state index is -0.913. The van der Waals surface area contributed by atoms with Gasteiger partial charge in [-0.3, -0.25) is 4.90 Å². The van der Waals surface area contributed by atoms with Crippen LogP contribution in [0.3, 0.4) is 0 Å². The van der Waals surface area contributed by atoms with Crippen molar-refractivity contribution in [1.29, 1.82) is 0 Å². The Bertz CT molecular complexity index is 425. The van der Waals surface area contributed by atoms with Crippen LogP contribution in [0.1, 0.15) is 54.4 Å². The van der Waals surface area contributed by atoms with E-state index >= 15 is 0 Å². The summed E-state index contributed by atoms with van der Waals surface area (Å²) in [6, 6.07) is -0.686. The Hall–Kier alpha value is -1.34. The fraction of sp³-hybridized carbons (Fsp3) is 0.882. The van der Waals surface area contributed by atoms with Gasteiger partial charge < -0.3 is 18.9 Å².